The monoisotopic (exact) mass is 395 g/mol. The first kappa shape index (κ1) is 20.3. The zero-order chi connectivity index (χ0) is 20.6. The van der Waals surface area contributed by atoms with Crippen molar-refractivity contribution in [1.29, 1.82) is 0 Å². The molecule has 1 amide bonds. The van der Waals surface area contributed by atoms with Crippen molar-refractivity contribution in [2.75, 3.05) is 18.0 Å². The summed E-state index contributed by atoms with van der Waals surface area (Å²) in [6.45, 7) is 4.39. The molecule has 0 atom stereocenters. The summed E-state index contributed by atoms with van der Waals surface area (Å²) >= 11 is 0. The molecule has 2 N–H and O–H groups in total. The third kappa shape index (κ3) is 5.54. The predicted octanol–water partition coefficient (Wildman–Crippen LogP) is 2.98. The van der Waals surface area contributed by atoms with Gasteiger partial charge in [-0.2, -0.15) is 0 Å². The van der Waals surface area contributed by atoms with Crippen LogP contribution < -0.4 is 15.5 Å². The molecule has 152 valence electrons. The lowest BCUT2D eigenvalue weighted by molar-refractivity contribution is -0.384. The van der Waals surface area contributed by atoms with Crippen LogP contribution in [0.2, 0.25) is 0 Å². The molecular weight excluding hydrogens is 370 g/mol. The fraction of sp³-hybridized carbons (Fsp3) is 0.333. The van der Waals surface area contributed by atoms with Crippen molar-refractivity contribution in [2.24, 2.45) is 4.99 Å². The summed E-state index contributed by atoms with van der Waals surface area (Å²) in [6.07, 6.45) is 1.53. The van der Waals surface area contributed by atoms with Gasteiger partial charge in [0.2, 0.25) is 5.91 Å². The van der Waals surface area contributed by atoms with Crippen LogP contribution in [0.4, 0.5) is 11.4 Å². The van der Waals surface area contributed by atoms with Gasteiger partial charge in [0.15, 0.2) is 5.96 Å². The van der Waals surface area contributed by atoms with Crippen LogP contribution in [0.5, 0.6) is 0 Å². The van der Waals surface area contributed by atoms with Crippen LogP contribution in [0.25, 0.3) is 0 Å². The second-order valence-corrected chi connectivity index (χ2v) is 6.79. The van der Waals surface area contributed by atoms with Crippen molar-refractivity contribution in [2.45, 2.75) is 32.9 Å². The number of nitrogens with zero attached hydrogens (tertiary/aromatic N) is 3. The SMILES string of the molecule is CCNC(=NCc1cccc([N+](=O)[O-])c1)NCc1ccc(N2CCCC2=O)cc1. The van der Waals surface area contributed by atoms with E-state index >= 15 is 0 Å². The number of guanidine groups is 1. The molecule has 8 heteroatoms. The third-order valence-electron chi connectivity index (χ3n) is 4.67. The number of anilines is 1. The number of hydrogen-bond acceptors (Lipinski definition) is 4. The van der Waals surface area contributed by atoms with Crippen LogP contribution in [-0.4, -0.2) is 29.9 Å². The van der Waals surface area contributed by atoms with E-state index in [-0.39, 0.29) is 11.6 Å². The van der Waals surface area contributed by atoms with Crippen LogP contribution in [0.3, 0.4) is 0 Å². The topological polar surface area (TPSA) is 99.9 Å². The lowest BCUT2D eigenvalue weighted by Crippen LogP contribution is -2.36. The molecule has 0 saturated carbocycles. The predicted molar refractivity (Wildman–Crippen MR) is 113 cm³/mol. The van der Waals surface area contributed by atoms with Crippen LogP contribution >= 0.6 is 0 Å². The molecule has 0 bridgehead atoms. The Morgan fingerprint density at radius 1 is 1.17 bits per heavy atom. The van der Waals surface area contributed by atoms with Crippen LogP contribution in [0, 0.1) is 10.1 Å². The fourth-order valence-electron chi connectivity index (χ4n) is 3.18. The van der Waals surface area contributed by atoms with E-state index in [2.05, 4.69) is 15.6 Å². The van der Waals surface area contributed by atoms with Gasteiger partial charge in [0, 0.05) is 43.9 Å². The van der Waals surface area contributed by atoms with Crippen molar-refractivity contribution < 1.29 is 9.72 Å². The molecular formula is C21H25N5O3. The smallest absolute Gasteiger partial charge is 0.269 e. The van der Waals surface area contributed by atoms with Crippen molar-refractivity contribution in [1.82, 2.24) is 10.6 Å². The van der Waals surface area contributed by atoms with Gasteiger partial charge in [0.05, 0.1) is 11.5 Å². The van der Waals surface area contributed by atoms with Gasteiger partial charge in [-0.1, -0.05) is 24.3 Å². The molecule has 3 rings (SSSR count). The number of benzene rings is 2. The van der Waals surface area contributed by atoms with E-state index in [1.54, 1.807) is 6.07 Å². The number of non-ortho nitro benzene ring substituents is 1. The Labute approximate surface area is 169 Å². The van der Waals surface area contributed by atoms with Gasteiger partial charge in [-0.15, -0.1) is 0 Å². The number of hydrogen-bond donors (Lipinski definition) is 2. The van der Waals surface area contributed by atoms with E-state index in [9.17, 15) is 14.9 Å². The van der Waals surface area contributed by atoms with Crippen molar-refractivity contribution in [3.63, 3.8) is 0 Å². The number of carbonyl (C=O) groups is 1. The minimum absolute atomic E-state index is 0.0623. The van der Waals surface area contributed by atoms with Gasteiger partial charge in [-0.3, -0.25) is 14.9 Å². The van der Waals surface area contributed by atoms with Gasteiger partial charge in [-0.05, 0) is 36.6 Å². The molecule has 1 fully saturated rings. The quantitative estimate of drug-likeness (QED) is 0.325. The molecule has 8 nitrogen and oxygen atoms in total. The largest absolute Gasteiger partial charge is 0.357 e. The Morgan fingerprint density at radius 2 is 1.97 bits per heavy atom. The Hall–Kier alpha value is -3.42. The van der Waals surface area contributed by atoms with Gasteiger partial charge >= 0.3 is 0 Å². The zero-order valence-corrected chi connectivity index (χ0v) is 16.4. The minimum atomic E-state index is -0.407. The first-order valence-electron chi connectivity index (χ1n) is 9.71. The highest BCUT2D eigenvalue weighted by Gasteiger charge is 2.21. The summed E-state index contributed by atoms with van der Waals surface area (Å²) in [5.41, 5.74) is 2.84. The van der Waals surface area contributed by atoms with E-state index in [0.717, 1.165) is 29.8 Å². The summed E-state index contributed by atoms with van der Waals surface area (Å²) in [6, 6.07) is 14.4. The highest BCUT2D eigenvalue weighted by Crippen LogP contribution is 2.21. The number of nitro benzene ring substituents is 1. The Bertz CT molecular complexity index is 895. The fourth-order valence-corrected chi connectivity index (χ4v) is 3.18. The molecule has 0 unspecified atom stereocenters. The molecule has 1 aliphatic heterocycles. The van der Waals surface area contributed by atoms with Crippen LogP contribution in [0.1, 0.15) is 30.9 Å². The summed E-state index contributed by atoms with van der Waals surface area (Å²) in [4.78, 5) is 28.7. The van der Waals surface area contributed by atoms with E-state index < -0.39 is 4.92 Å². The third-order valence-corrected chi connectivity index (χ3v) is 4.67. The summed E-state index contributed by atoms with van der Waals surface area (Å²) in [5.74, 6) is 0.816. The van der Waals surface area contributed by atoms with E-state index in [4.69, 9.17) is 0 Å². The number of rotatable bonds is 7. The lowest BCUT2D eigenvalue weighted by atomic mass is 10.2. The maximum Gasteiger partial charge on any atom is 0.269 e. The minimum Gasteiger partial charge on any atom is -0.357 e. The Morgan fingerprint density at radius 3 is 2.62 bits per heavy atom. The van der Waals surface area contributed by atoms with Gasteiger partial charge in [-0.25, -0.2) is 4.99 Å². The molecule has 0 aliphatic carbocycles. The summed E-state index contributed by atoms with van der Waals surface area (Å²) in [5, 5.41) is 17.3. The number of amides is 1. The molecule has 0 radical (unpaired) electrons. The number of carbonyl (C=O) groups excluding carboxylic acids is 1. The van der Waals surface area contributed by atoms with E-state index in [0.29, 0.717) is 32.0 Å². The number of aliphatic imine (C=N–C) groups is 1. The van der Waals surface area contributed by atoms with Crippen LogP contribution in [0.15, 0.2) is 53.5 Å². The average Bonchev–Trinajstić information content (AvgIpc) is 3.16. The highest BCUT2D eigenvalue weighted by atomic mass is 16.6. The number of nitrogens with one attached hydrogen (secondary N) is 2. The molecule has 1 heterocycles. The van der Waals surface area contributed by atoms with E-state index in [1.165, 1.54) is 12.1 Å². The van der Waals surface area contributed by atoms with Crippen molar-refractivity contribution >= 4 is 23.2 Å². The normalized spacial score (nSPS) is 14.2. The summed E-state index contributed by atoms with van der Waals surface area (Å²) < 4.78 is 0. The zero-order valence-electron chi connectivity index (χ0n) is 16.4. The Balaban J connectivity index is 1.60. The Kier molecular flexibility index (Phi) is 6.78. The van der Waals surface area contributed by atoms with Gasteiger partial charge < -0.3 is 15.5 Å². The van der Waals surface area contributed by atoms with Gasteiger partial charge in [0.1, 0.15) is 0 Å². The second kappa shape index (κ2) is 9.68. The standard InChI is InChI=1S/C21H25N5O3/c1-2-22-21(24-15-17-5-3-6-19(13-17)26(28)29)23-14-16-8-10-18(11-9-16)25-12-4-7-20(25)27/h3,5-6,8-11,13H,2,4,7,12,14-15H2,1H3,(H2,22,23,24). The van der Waals surface area contributed by atoms with E-state index in [1.807, 2.05) is 42.2 Å². The van der Waals surface area contributed by atoms with Crippen molar-refractivity contribution in [3.8, 4) is 0 Å². The summed E-state index contributed by atoms with van der Waals surface area (Å²) in [7, 11) is 0. The molecule has 1 aliphatic rings. The average molecular weight is 395 g/mol. The molecule has 29 heavy (non-hydrogen) atoms. The molecule has 2 aromatic rings. The molecule has 0 aromatic heterocycles. The molecule has 0 spiro atoms. The first-order chi connectivity index (χ1) is 14.1. The second-order valence-electron chi connectivity index (χ2n) is 6.79. The lowest BCUT2D eigenvalue weighted by Gasteiger charge is -2.16. The first-order valence-corrected chi connectivity index (χ1v) is 9.71. The molecule has 2 aromatic carbocycles. The van der Waals surface area contributed by atoms with Crippen LogP contribution in [-0.2, 0) is 17.9 Å². The highest BCUT2D eigenvalue weighted by molar-refractivity contribution is 5.95. The van der Waals surface area contributed by atoms with Gasteiger partial charge in [0.25, 0.3) is 5.69 Å². The van der Waals surface area contributed by atoms with Crippen molar-refractivity contribution in [3.05, 3.63) is 69.8 Å². The maximum atomic E-state index is 11.8. The maximum absolute atomic E-state index is 11.8. The molecule has 1 saturated heterocycles. The number of nitro groups is 1.